The fraction of sp³-hybridized carbons (Fsp3) is 0.632. The van der Waals surface area contributed by atoms with Crippen LogP contribution in [0.25, 0.3) is 0 Å². The van der Waals surface area contributed by atoms with E-state index in [0.29, 0.717) is 31.1 Å². The molecule has 1 aromatic heterocycles. The van der Waals surface area contributed by atoms with Crippen LogP contribution < -0.4 is 16.2 Å². The Morgan fingerprint density at radius 1 is 1.19 bits per heavy atom. The molecule has 2 amide bonds. The number of H-pyrrole nitrogens is 1. The first kappa shape index (κ1) is 18.6. The van der Waals surface area contributed by atoms with Crippen molar-refractivity contribution >= 4 is 11.8 Å². The van der Waals surface area contributed by atoms with Crippen LogP contribution in [0.5, 0.6) is 0 Å². The van der Waals surface area contributed by atoms with Crippen molar-refractivity contribution in [3.05, 3.63) is 34.2 Å². The molecule has 2 fully saturated rings. The van der Waals surface area contributed by atoms with Crippen LogP contribution in [0.3, 0.4) is 0 Å². The third-order valence-electron chi connectivity index (χ3n) is 4.99. The molecule has 0 aromatic carbocycles. The van der Waals surface area contributed by atoms with Crippen LogP contribution in [-0.4, -0.2) is 41.6 Å². The molecule has 26 heavy (non-hydrogen) atoms. The van der Waals surface area contributed by atoms with E-state index in [1.54, 1.807) is 0 Å². The molecule has 2 aliphatic rings. The summed E-state index contributed by atoms with van der Waals surface area (Å²) in [5.41, 5.74) is 0.167. The molecule has 0 unspecified atom stereocenters. The third kappa shape index (κ3) is 4.94. The normalized spacial score (nSPS) is 25.5. The molecule has 7 nitrogen and oxygen atoms in total. The largest absolute Gasteiger partial charge is 0.376 e. The topological polar surface area (TPSA) is 100 Å². The molecule has 3 atom stereocenters. The van der Waals surface area contributed by atoms with Gasteiger partial charge in [0, 0.05) is 30.8 Å². The summed E-state index contributed by atoms with van der Waals surface area (Å²) < 4.78 is 5.95. The molecule has 3 rings (SSSR count). The molecule has 7 heteroatoms. The average Bonchev–Trinajstić information content (AvgIpc) is 3.45. The number of hydrogen-bond acceptors (Lipinski definition) is 4. The summed E-state index contributed by atoms with van der Waals surface area (Å²) in [5.74, 6) is -0.182. The first-order chi connectivity index (χ1) is 12.6. The second-order valence-electron chi connectivity index (χ2n) is 7.22. The number of ether oxygens (including phenoxy) is 1. The molecule has 0 radical (unpaired) electrons. The summed E-state index contributed by atoms with van der Waals surface area (Å²) in [6, 6.07) is 3.06. The lowest BCUT2D eigenvalue weighted by Crippen LogP contribution is -2.50. The van der Waals surface area contributed by atoms with Crippen LogP contribution in [0.1, 0.15) is 55.8 Å². The van der Waals surface area contributed by atoms with Crippen LogP contribution in [-0.2, 0) is 9.53 Å². The molecular weight excluding hydrogens is 334 g/mol. The number of aromatic nitrogens is 1. The lowest BCUT2D eigenvalue weighted by molar-refractivity contribution is -0.128. The number of rotatable bonds is 7. The summed E-state index contributed by atoms with van der Waals surface area (Å²) in [6.07, 6.45) is 6.33. The van der Waals surface area contributed by atoms with E-state index in [2.05, 4.69) is 15.6 Å². The van der Waals surface area contributed by atoms with Crippen LogP contribution in [0.4, 0.5) is 0 Å². The Balaban J connectivity index is 1.61. The van der Waals surface area contributed by atoms with Gasteiger partial charge in [0.25, 0.3) is 5.91 Å². The number of pyridine rings is 1. The molecule has 3 N–H and O–H groups in total. The molecule has 1 heterocycles. The van der Waals surface area contributed by atoms with Gasteiger partial charge in [0.1, 0.15) is 0 Å². The van der Waals surface area contributed by atoms with E-state index in [4.69, 9.17) is 4.74 Å². The quantitative estimate of drug-likeness (QED) is 0.682. The van der Waals surface area contributed by atoms with E-state index in [1.165, 1.54) is 18.3 Å². The number of carbonyl (C=O) groups is 2. The predicted molar refractivity (Wildman–Crippen MR) is 96.9 cm³/mol. The lowest BCUT2D eigenvalue weighted by atomic mass is 9.83. The van der Waals surface area contributed by atoms with Gasteiger partial charge in [0.15, 0.2) is 0 Å². The molecule has 2 aliphatic carbocycles. The molecule has 0 saturated heterocycles. The van der Waals surface area contributed by atoms with Gasteiger partial charge < -0.3 is 20.4 Å². The summed E-state index contributed by atoms with van der Waals surface area (Å²) in [4.78, 5) is 38.5. The number of nitrogens with one attached hydrogen (secondary N) is 3. The Kier molecular flexibility index (Phi) is 6.08. The van der Waals surface area contributed by atoms with Crippen molar-refractivity contribution in [1.29, 1.82) is 0 Å². The second-order valence-corrected chi connectivity index (χ2v) is 7.22. The number of carbonyl (C=O) groups excluding carboxylic acids is 2. The van der Waals surface area contributed by atoms with Crippen molar-refractivity contribution in [1.82, 2.24) is 15.6 Å². The molecular formula is C19H27N3O4. The average molecular weight is 361 g/mol. The Morgan fingerprint density at radius 2 is 2.00 bits per heavy atom. The predicted octanol–water partition coefficient (Wildman–Crippen LogP) is 1.35. The minimum absolute atomic E-state index is 0.0568. The lowest BCUT2D eigenvalue weighted by Gasteiger charge is -2.36. The number of amides is 2. The molecule has 142 valence electrons. The van der Waals surface area contributed by atoms with Gasteiger partial charge in [-0.1, -0.05) is 6.92 Å². The van der Waals surface area contributed by atoms with Gasteiger partial charge in [-0.05, 0) is 44.6 Å². The zero-order chi connectivity index (χ0) is 18.5. The van der Waals surface area contributed by atoms with Gasteiger partial charge in [0.05, 0.1) is 17.7 Å². The highest BCUT2D eigenvalue weighted by Crippen LogP contribution is 2.29. The van der Waals surface area contributed by atoms with Gasteiger partial charge in [0.2, 0.25) is 11.5 Å². The van der Waals surface area contributed by atoms with E-state index in [-0.39, 0.29) is 35.4 Å². The Bertz CT molecular complexity index is 678. The fourth-order valence-electron chi connectivity index (χ4n) is 3.34. The van der Waals surface area contributed by atoms with Gasteiger partial charge in [-0.2, -0.15) is 0 Å². The maximum atomic E-state index is 12.4. The second kappa shape index (κ2) is 8.49. The van der Waals surface area contributed by atoms with Gasteiger partial charge in [-0.25, -0.2) is 0 Å². The summed E-state index contributed by atoms with van der Waals surface area (Å²) in [7, 11) is 0. The monoisotopic (exact) mass is 361 g/mol. The summed E-state index contributed by atoms with van der Waals surface area (Å²) >= 11 is 0. The zero-order valence-electron chi connectivity index (χ0n) is 15.1. The van der Waals surface area contributed by atoms with Crippen molar-refractivity contribution in [2.45, 2.75) is 63.6 Å². The Hall–Kier alpha value is -2.15. The van der Waals surface area contributed by atoms with Crippen LogP contribution in [0.2, 0.25) is 0 Å². The van der Waals surface area contributed by atoms with Crippen molar-refractivity contribution in [3.63, 3.8) is 0 Å². The smallest absolute Gasteiger partial charge is 0.253 e. The highest BCUT2D eigenvalue weighted by Gasteiger charge is 2.37. The Labute approximate surface area is 152 Å². The van der Waals surface area contributed by atoms with Crippen molar-refractivity contribution in [3.8, 4) is 0 Å². The fourth-order valence-corrected chi connectivity index (χ4v) is 3.34. The summed E-state index contributed by atoms with van der Waals surface area (Å²) in [5, 5.41) is 6.08. The van der Waals surface area contributed by atoms with Gasteiger partial charge >= 0.3 is 0 Å². The molecule has 1 aromatic rings. The van der Waals surface area contributed by atoms with E-state index in [9.17, 15) is 14.4 Å². The first-order valence-electron chi connectivity index (χ1n) is 9.48. The maximum absolute atomic E-state index is 12.4. The van der Waals surface area contributed by atoms with Crippen LogP contribution in [0, 0.1) is 5.92 Å². The van der Waals surface area contributed by atoms with Crippen molar-refractivity contribution in [2.75, 3.05) is 6.61 Å². The number of aromatic amines is 1. The molecule has 2 saturated carbocycles. The van der Waals surface area contributed by atoms with Crippen LogP contribution in [0.15, 0.2) is 23.1 Å². The first-order valence-corrected chi connectivity index (χ1v) is 9.48. The van der Waals surface area contributed by atoms with E-state index < -0.39 is 0 Å². The highest BCUT2D eigenvalue weighted by molar-refractivity contribution is 5.94. The maximum Gasteiger partial charge on any atom is 0.253 e. The number of hydrogen-bond donors (Lipinski definition) is 3. The van der Waals surface area contributed by atoms with Crippen molar-refractivity contribution in [2.24, 2.45) is 5.92 Å². The standard InChI is InChI=1S/C19H27N3O4/c1-2-9-26-16-10-12(18(24)21-14-5-6-14)3-7-15(16)22-19(25)13-4-8-17(23)20-11-13/h4,8,11-12,14-16H,2-3,5-7,9-10H2,1H3,(H,20,23)(H,21,24)(H,22,25)/t12-,15-,16-/m0/s1. The minimum Gasteiger partial charge on any atom is -0.376 e. The minimum atomic E-state index is -0.243. The molecule has 0 aliphatic heterocycles. The Morgan fingerprint density at radius 3 is 2.65 bits per heavy atom. The molecule has 0 spiro atoms. The van der Waals surface area contributed by atoms with Crippen molar-refractivity contribution < 1.29 is 14.3 Å². The molecule has 0 bridgehead atoms. The van der Waals surface area contributed by atoms with Crippen LogP contribution >= 0.6 is 0 Å². The summed E-state index contributed by atoms with van der Waals surface area (Å²) in [6.45, 7) is 2.64. The van der Waals surface area contributed by atoms with Gasteiger partial charge in [-0.3, -0.25) is 14.4 Å². The van der Waals surface area contributed by atoms with E-state index in [0.717, 1.165) is 25.7 Å². The third-order valence-corrected chi connectivity index (χ3v) is 4.99. The SMILES string of the molecule is CCCO[C@H]1C[C@@H](C(=O)NC2CC2)CC[C@@H]1NC(=O)c1ccc(=O)[nH]c1. The zero-order valence-corrected chi connectivity index (χ0v) is 15.1. The highest BCUT2D eigenvalue weighted by atomic mass is 16.5. The van der Waals surface area contributed by atoms with Gasteiger partial charge in [-0.15, -0.1) is 0 Å². The van der Waals surface area contributed by atoms with E-state index >= 15 is 0 Å². The van der Waals surface area contributed by atoms with E-state index in [1.807, 2.05) is 6.92 Å².